The first-order chi connectivity index (χ1) is 13.2. The molecule has 0 aliphatic heterocycles. The summed E-state index contributed by atoms with van der Waals surface area (Å²) in [4.78, 5) is 14.8. The fraction of sp³-hybridized carbons (Fsp3) is 0.400. The van der Waals surface area contributed by atoms with Gasteiger partial charge in [-0.25, -0.2) is 0 Å². The predicted octanol–water partition coefficient (Wildman–Crippen LogP) is 6.48. The normalized spacial score (nSPS) is 15.2. The van der Waals surface area contributed by atoms with Gasteiger partial charge in [-0.1, -0.05) is 61.7 Å². The average Bonchev–Trinajstić information content (AvgIpc) is 2.74. The number of nitrogens with zero attached hydrogens (tertiary/aromatic N) is 1. The van der Waals surface area contributed by atoms with Crippen molar-refractivity contribution in [2.24, 2.45) is 0 Å². The van der Waals surface area contributed by atoms with Gasteiger partial charge in [-0.05, 0) is 61.9 Å². The molecule has 0 spiro atoms. The SMILES string of the molecule is CCN(CC)c1ccc(C=CC(=O)c2ccc(C3CCCCC3)cc2)cc1. The Morgan fingerprint density at radius 2 is 1.56 bits per heavy atom. The van der Waals surface area contributed by atoms with Gasteiger partial charge in [0.1, 0.15) is 0 Å². The second kappa shape index (κ2) is 9.55. The molecule has 0 atom stereocenters. The lowest BCUT2D eigenvalue weighted by Crippen LogP contribution is -2.21. The number of anilines is 1. The second-order valence-corrected chi connectivity index (χ2v) is 7.42. The zero-order valence-electron chi connectivity index (χ0n) is 16.7. The Hall–Kier alpha value is -2.35. The molecular formula is C25H31NO. The van der Waals surface area contributed by atoms with Crippen LogP contribution in [0.1, 0.15) is 73.4 Å². The summed E-state index contributed by atoms with van der Waals surface area (Å²) >= 11 is 0. The summed E-state index contributed by atoms with van der Waals surface area (Å²) in [5.41, 5.74) is 4.44. The summed E-state index contributed by atoms with van der Waals surface area (Å²) in [6.45, 7) is 6.33. The van der Waals surface area contributed by atoms with E-state index in [2.05, 4.69) is 55.1 Å². The van der Waals surface area contributed by atoms with Crippen molar-refractivity contribution in [2.45, 2.75) is 51.9 Å². The Morgan fingerprint density at radius 1 is 0.926 bits per heavy atom. The highest BCUT2D eigenvalue weighted by Crippen LogP contribution is 2.32. The van der Waals surface area contributed by atoms with Gasteiger partial charge < -0.3 is 4.90 Å². The molecule has 0 saturated heterocycles. The minimum atomic E-state index is 0.0676. The quantitative estimate of drug-likeness (QED) is 0.416. The highest BCUT2D eigenvalue weighted by molar-refractivity contribution is 6.06. The third-order valence-corrected chi connectivity index (χ3v) is 5.72. The predicted molar refractivity (Wildman–Crippen MR) is 116 cm³/mol. The van der Waals surface area contributed by atoms with E-state index in [1.54, 1.807) is 6.08 Å². The molecule has 27 heavy (non-hydrogen) atoms. The van der Waals surface area contributed by atoms with E-state index in [9.17, 15) is 4.79 Å². The molecule has 1 aliphatic rings. The first kappa shape index (κ1) is 19.4. The molecule has 0 aromatic heterocycles. The van der Waals surface area contributed by atoms with Crippen LogP contribution in [0.4, 0.5) is 5.69 Å². The molecular weight excluding hydrogens is 330 g/mol. The maximum atomic E-state index is 12.5. The second-order valence-electron chi connectivity index (χ2n) is 7.42. The van der Waals surface area contributed by atoms with Crippen LogP contribution in [0.5, 0.6) is 0 Å². The van der Waals surface area contributed by atoms with Crippen LogP contribution in [0.2, 0.25) is 0 Å². The molecule has 1 saturated carbocycles. The number of allylic oxidation sites excluding steroid dienone is 1. The zero-order chi connectivity index (χ0) is 19.1. The summed E-state index contributed by atoms with van der Waals surface area (Å²) in [6, 6.07) is 16.7. The van der Waals surface area contributed by atoms with Crippen LogP contribution in [0.3, 0.4) is 0 Å². The van der Waals surface area contributed by atoms with E-state index in [1.165, 1.54) is 43.4 Å². The van der Waals surface area contributed by atoms with Gasteiger partial charge in [0.25, 0.3) is 0 Å². The third-order valence-electron chi connectivity index (χ3n) is 5.72. The van der Waals surface area contributed by atoms with E-state index in [0.29, 0.717) is 5.92 Å². The molecule has 0 bridgehead atoms. The molecule has 2 heteroatoms. The molecule has 0 radical (unpaired) electrons. The van der Waals surface area contributed by atoms with Crippen LogP contribution in [-0.2, 0) is 0 Å². The smallest absolute Gasteiger partial charge is 0.185 e. The molecule has 0 amide bonds. The van der Waals surface area contributed by atoms with Crippen molar-refractivity contribution in [3.8, 4) is 0 Å². The minimum absolute atomic E-state index is 0.0676. The Morgan fingerprint density at radius 3 is 2.15 bits per heavy atom. The molecule has 2 aromatic rings. The van der Waals surface area contributed by atoms with Gasteiger partial charge in [-0.2, -0.15) is 0 Å². The standard InChI is InChI=1S/C25H31NO/c1-3-26(4-2)24-17-10-20(11-18-24)12-19-25(27)23-15-13-22(14-16-23)21-8-6-5-7-9-21/h10-19,21H,3-9H2,1-2H3. The number of ketones is 1. The van der Waals surface area contributed by atoms with E-state index < -0.39 is 0 Å². The topological polar surface area (TPSA) is 20.3 Å². The molecule has 1 fully saturated rings. The zero-order valence-corrected chi connectivity index (χ0v) is 16.7. The summed E-state index contributed by atoms with van der Waals surface area (Å²) in [5, 5.41) is 0. The summed E-state index contributed by atoms with van der Waals surface area (Å²) in [5.74, 6) is 0.751. The van der Waals surface area contributed by atoms with E-state index in [0.717, 1.165) is 24.2 Å². The van der Waals surface area contributed by atoms with Crippen molar-refractivity contribution < 1.29 is 4.79 Å². The van der Waals surface area contributed by atoms with Crippen LogP contribution in [0.25, 0.3) is 6.08 Å². The van der Waals surface area contributed by atoms with Crippen LogP contribution in [-0.4, -0.2) is 18.9 Å². The fourth-order valence-electron chi connectivity index (χ4n) is 4.01. The van der Waals surface area contributed by atoms with E-state index in [4.69, 9.17) is 0 Å². The Bertz CT molecular complexity index is 748. The van der Waals surface area contributed by atoms with Crippen LogP contribution in [0.15, 0.2) is 54.6 Å². The lowest BCUT2D eigenvalue weighted by molar-refractivity contribution is 0.104. The van der Waals surface area contributed by atoms with Gasteiger partial charge in [0, 0.05) is 24.3 Å². The van der Waals surface area contributed by atoms with E-state index in [-0.39, 0.29) is 5.78 Å². The third kappa shape index (κ3) is 5.09. The largest absolute Gasteiger partial charge is 0.372 e. The minimum Gasteiger partial charge on any atom is -0.372 e. The Balaban J connectivity index is 1.62. The monoisotopic (exact) mass is 361 g/mol. The van der Waals surface area contributed by atoms with Crippen molar-refractivity contribution in [3.05, 3.63) is 71.3 Å². The van der Waals surface area contributed by atoms with Gasteiger partial charge in [-0.3, -0.25) is 4.79 Å². The molecule has 2 aromatic carbocycles. The highest BCUT2D eigenvalue weighted by Gasteiger charge is 2.15. The molecule has 1 aliphatic carbocycles. The number of hydrogen-bond acceptors (Lipinski definition) is 2. The van der Waals surface area contributed by atoms with Crippen LogP contribution < -0.4 is 4.90 Å². The molecule has 0 N–H and O–H groups in total. The molecule has 3 rings (SSSR count). The first-order valence-corrected chi connectivity index (χ1v) is 10.4. The Labute approximate surface area is 163 Å². The Kier molecular flexibility index (Phi) is 6.86. The van der Waals surface area contributed by atoms with Gasteiger partial charge in [0.05, 0.1) is 0 Å². The lowest BCUT2D eigenvalue weighted by atomic mass is 9.84. The summed E-state index contributed by atoms with van der Waals surface area (Å²) < 4.78 is 0. The van der Waals surface area contributed by atoms with Crippen molar-refractivity contribution in [2.75, 3.05) is 18.0 Å². The number of benzene rings is 2. The number of rotatable bonds is 7. The van der Waals surface area contributed by atoms with Crippen molar-refractivity contribution in [3.63, 3.8) is 0 Å². The van der Waals surface area contributed by atoms with Crippen molar-refractivity contribution in [1.82, 2.24) is 0 Å². The van der Waals surface area contributed by atoms with Crippen LogP contribution >= 0.6 is 0 Å². The maximum absolute atomic E-state index is 12.5. The van der Waals surface area contributed by atoms with Gasteiger partial charge in [0.2, 0.25) is 0 Å². The van der Waals surface area contributed by atoms with Crippen molar-refractivity contribution >= 4 is 17.5 Å². The first-order valence-electron chi connectivity index (χ1n) is 10.4. The highest BCUT2D eigenvalue weighted by atomic mass is 16.1. The van der Waals surface area contributed by atoms with Gasteiger partial charge >= 0.3 is 0 Å². The number of carbonyl (C=O) groups is 1. The fourth-order valence-corrected chi connectivity index (χ4v) is 4.01. The van der Waals surface area contributed by atoms with Crippen molar-refractivity contribution in [1.29, 1.82) is 0 Å². The average molecular weight is 362 g/mol. The molecule has 2 nitrogen and oxygen atoms in total. The van der Waals surface area contributed by atoms with E-state index in [1.807, 2.05) is 18.2 Å². The van der Waals surface area contributed by atoms with Gasteiger partial charge in [-0.15, -0.1) is 0 Å². The van der Waals surface area contributed by atoms with E-state index >= 15 is 0 Å². The molecule has 142 valence electrons. The molecule has 0 heterocycles. The number of hydrogen-bond donors (Lipinski definition) is 0. The molecule has 0 unspecified atom stereocenters. The number of carbonyl (C=O) groups excluding carboxylic acids is 1. The maximum Gasteiger partial charge on any atom is 0.185 e. The lowest BCUT2D eigenvalue weighted by Gasteiger charge is -2.21. The van der Waals surface area contributed by atoms with Gasteiger partial charge in [0.15, 0.2) is 5.78 Å². The van der Waals surface area contributed by atoms with Crippen LogP contribution in [0, 0.1) is 0 Å². The summed E-state index contributed by atoms with van der Waals surface area (Å²) in [6.07, 6.45) is 10.2. The summed E-state index contributed by atoms with van der Waals surface area (Å²) in [7, 11) is 0.